The highest BCUT2D eigenvalue weighted by molar-refractivity contribution is 6.31. The molecule has 0 radical (unpaired) electrons. The molecule has 0 fully saturated rings. The van der Waals surface area contributed by atoms with E-state index in [-0.39, 0.29) is 11.5 Å². The quantitative estimate of drug-likeness (QED) is 0.785. The van der Waals surface area contributed by atoms with Crippen LogP contribution in [-0.2, 0) is 5.41 Å². The van der Waals surface area contributed by atoms with E-state index in [4.69, 9.17) is 17.3 Å². The lowest BCUT2D eigenvalue weighted by Crippen LogP contribution is -2.37. The molecule has 0 aliphatic heterocycles. The number of hydrogen-bond donors (Lipinski definition) is 1. The van der Waals surface area contributed by atoms with Gasteiger partial charge in [0, 0.05) is 16.5 Å². The number of aryl methyl sites for hydroxylation is 1. The molecule has 2 N–H and O–H groups in total. The summed E-state index contributed by atoms with van der Waals surface area (Å²) in [7, 11) is 0. The zero-order valence-electron chi connectivity index (χ0n) is 13.1. The number of halogens is 1. The predicted molar refractivity (Wildman–Crippen MR) is 91.8 cm³/mol. The minimum atomic E-state index is -0.0620. The van der Waals surface area contributed by atoms with Crippen LogP contribution in [0.25, 0.3) is 0 Å². The fraction of sp³-hybridized carbons (Fsp3) is 0.368. The van der Waals surface area contributed by atoms with E-state index in [0.717, 1.165) is 29.0 Å². The third-order valence-corrected chi connectivity index (χ3v) is 5.17. The topological polar surface area (TPSA) is 26.0 Å². The maximum Gasteiger partial charge on any atom is 0.0438 e. The molecule has 2 aromatic rings. The van der Waals surface area contributed by atoms with E-state index in [1.165, 1.54) is 5.56 Å². The summed E-state index contributed by atoms with van der Waals surface area (Å²) in [6.07, 6.45) is 2.00. The highest BCUT2D eigenvalue weighted by atomic mass is 35.5. The van der Waals surface area contributed by atoms with E-state index in [0.29, 0.717) is 0 Å². The van der Waals surface area contributed by atoms with Crippen LogP contribution in [0.2, 0.25) is 5.02 Å². The van der Waals surface area contributed by atoms with Crippen molar-refractivity contribution in [2.45, 2.75) is 45.1 Å². The average Bonchev–Trinajstić information content (AvgIpc) is 2.52. The van der Waals surface area contributed by atoms with Crippen LogP contribution in [0.1, 0.15) is 49.4 Å². The molecule has 0 saturated carbocycles. The Morgan fingerprint density at radius 1 is 1.05 bits per heavy atom. The molecule has 0 amide bonds. The van der Waals surface area contributed by atoms with E-state index in [9.17, 15) is 0 Å². The number of benzene rings is 2. The van der Waals surface area contributed by atoms with E-state index < -0.39 is 0 Å². The zero-order chi connectivity index (χ0) is 15.5. The molecule has 0 aromatic heterocycles. The van der Waals surface area contributed by atoms with Crippen molar-refractivity contribution in [2.75, 3.05) is 0 Å². The number of nitrogens with two attached hydrogens (primary N) is 1. The van der Waals surface area contributed by atoms with Gasteiger partial charge in [-0.3, -0.25) is 0 Å². The van der Waals surface area contributed by atoms with Crippen LogP contribution in [0, 0.1) is 6.92 Å². The summed E-state index contributed by atoms with van der Waals surface area (Å²) >= 11 is 6.28. The van der Waals surface area contributed by atoms with Crippen molar-refractivity contribution in [3.05, 3.63) is 70.2 Å². The fourth-order valence-electron chi connectivity index (χ4n) is 3.17. The molecule has 0 heterocycles. The number of rotatable bonds is 5. The van der Waals surface area contributed by atoms with Crippen molar-refractivity contribution < 1.29 is 0 Å². The first-order chi connectivity index (χ1) is 10.0. The fourth-order valence-corrected chi connectivity index (χ4v) is 3.36. The molecule has 2 aromatic carbocycles. The smallest absolute Gasteiger partial charge is 0.0438 e. The first-order valence-electron chi connectivity index (χ1n) is 7.62. The van der Waals surface area contributed by atoms with E-state index >= 15 is 0 Å². The van der Waals surface area contributed by atoms with Crippen molar-refractivity contribution >= 4 is 11.6 Å². The maximum absolute atomic E-state index is 6.69. The van der Waals surface area contributed by atoms with Gasteiger partial charge in [0.15, 0.2) is 0 Å². The highest BCUT2D eigenvalue weighted by Gasteiger charge is 2.36. The van der Waals surface area contributed by atoms with Gasteiger partial charge in [0.05, 0.1) is 0 Å². The molecule has 0 saturated heterocycles. The Morgan fingerprint density at radius 3 is 2.19 bits per heavy atom. The van der Waals surface area contributed by atoms with Crippen LogP contribution in [0.3, 0.4) is 0 Å². The van der Waals surface area contributed by atoms with Crippen molar-refractivity contribution in [3.63, 3.8) is 0 Å². The van der Waals surface area contributed by atoms with Gasteiger partial charge >= 0.3 is 0 Å². The third-order valence-electron chi connectivity index (χ3n) is 4.76. The second-order valence-electron chi connectivity index (χ2n) is 5.72. The molecule has 0 spiro atoms. The van der Waals surface area contributed by atoms with Crippen LogP contribution in [0.15, 0.2) is 48.5 Å². The van der Waals surface area contributed by atoms with Gasteiger partial charge in [-0.05, 0) is 42.5 Å². The van der Waals surface area contributed by atoms with E-state index in [1.54, 1.807) is 0 Å². The molecular formula is C19H24ClN. The first kappa shape index (κ1) is 16.1. The lowest BCUT2D eigenvalue weighted by atomic mass is 9.68. The standard InChI is InChI=1S/C19H24ClN/c1-4-19(5-2,16-9-7-6-8-10-16)18(21)15-12-11-14(3)17(20)13-15/h6-13,18H,4-5,21H2,1-3H3. The molecule has 2 rings (SSSR count). The van der Waals surface area contributed by atoms with Gasteiger partial charge in [-0.1, -0.05) is 67.9 Å². The molecule has 21 heavy (non-hydrogen) atoms. The molecule has 2 heteroatoms. The van der Waals surface area contributed by atoms with Crippen molar-refractivity contribution in [3.8, 4) is 0 Å². The van der Waals surface area contributed by atoms with Gasteiger partial charge in [0.1, 0.15) is 0 Å². The number of hydrogen-bond acceptors (Lipinski definition) is 1. The largest absolute Gasteiger partial charge is 0.323 e. The minimum Gasteiger partial charge on any atom is -0.323 e. The van der Waals surface area contributed by atoms with Crippen LogP contribution in [0.4, 0.5) is 0 Å². The van der Waals surface area contributed by atoms with Crippen LogP contribution >= 0.6 is 11.6 Å². The second-order valence-corrected chi connectivity index (χ2v) is 6.12. The summed E-state index contributed by atoms with van der Waals surface area (Å²) in [6, 6.07) is 16.7. The summed E-state index contributed by atoms with van der Waals surface area (Å²) in [5, 5.41) is 0.789. The van der Waals surface area contributed by atoms with Crippen molar-refractivity contribution in [2.24, 2.45) is 5.73 Å². The van der Waals surface area contributed by atoms with Gasteiger partial charge in [0.2, 0.25) is 0 Å². The third kappa shape index (κ3) is 3.00. The lowest BCUT2D eigenvalue weighted by molar-refractivity contribution is 0.322. The van der Waals surface area contributed by atoms with Gasteiger partial charge in [0.25, 0.3) is 0 Å². The van der Waals surface area contributed by atoms with Crippen molar-refractivity contribution in [1.29, 1.82) is 0 Å². The highest BCUT2D eigenvalue weighted by Crippen LogP contribution is 2.42. The summed E-state index contributed by atoms with van der Waals surface area (Å²) in [5.41, 5.74) is 10.1. The Labute approximate surface area is 133 Å². The van der Waals surface area contributed by atoms with Crippen LogP contribution < -0.4 is 5.73 Å². The lowest BCUT2D eigenvalue weighted by Gasteiger charge is -2.38. The Hall–Kier alpha value is -1.31. The second kappa shape index (κ2) is 6.64. The molecular weight excluding hydrogens is 278 g/mol. The summed E-state index contributed by atoms with van der Waals surface area (Å²) in [4.78, 5) is 0. The summed E-state index contributed by atoms with van der Waals surface area (Å²) in [6.45, 7) is 6.44. The molecule has 1 unspecified atom stereocenters. The van der Waals surface area contributed by atoms with Crippen LogP contribution in [-0.4, -0.2) is 0 Å². The summed E-state index contributed by atoms with van der Waals surface area (Å²) in [5.74, 6) is 0. The monoisotopic (exact) mass is 301 g/mol. The molecule has 0 aliphatic rings. The van der Waals surface area contributed by atoms with Gasteiger partial charge in [-0.2, -0.15) is 0 Å². The van der Waals surface area contributed by atoms with Gasteiger partial charge in [-0.15, -0.1) is 0 Å². The summed E-state index contributed by atoms with van der Waals surface area (Å²) < 4.78 is 0. The average molecular weight is 302 g/mol. The van der Waals surface area contributed by atoms with Gasteiger partial charge < -0.3 is 5.73 Å². The molecule has 1 atom stereocenters. The Kier molecular flexibility index (Phi) is 5.08. The SMILES string of the molecule is CCC(CC)(c1ccccc1)C(N)c1ccc(C)c(Cl)c1. The first-order valence-corrected chi connectivity index (χ1v) is 8.00. The Bertz CT molecular complexity index is 588. The minimum absolute atomic E-state index is 0.0557. The van der Waals surface area contributed by atoms with Crippen LogP contribution in [0.5, 0.6) is 0 Å². The molecule has 0 bridgehead atoms. The molecule has 112 valence electrons. The van der Waals surface area contributed by atoms with Crippen molar-refractivity contribution in [1.82, 2.24) is 0 Å². The zero-order valence-corrected chi connectivity index (χ0v) is 13.8. The Balaban J connectivity index is 2.49. The van der Waals surface area contributed by atoms with E-state index in [1.807, 2.05) is 19.1 Å². The Morgan fingerprint density at radius 2 is 1.67 bits per heavy atom. The maximum atomic E-state index is 6.69. The predicted octanol–water partition coefficient (Wildman–Crippen LogP) is 5.41. The van der Waals surface area contributed by atoms with Gasteiger partial charge in [-0.25, -0.2) is 0 Å². The normalized spacial score (nSPS) is 13.2. The molecule has 1 nitrogen and oxygen atoms in total. The van der Waals surface area contributed by atoms with E-state index in [2.05, 4.69) is 50.2 Å². The molecule has 0 aliphatic carbocycles.